The zero-order valence-electron chi connectivity index (χ0n) is 19.7. The van der Waals surface area contributed by atoms with Crippen molar-refractivity contribution in [1.29, 1.82) is 0 Å². The quantitative estimate of drug-likeness (QED) is 0.349. The van der Waals surface area contributed by atoms with E-state index < -0.39 is 0 Å². The Bertz CT molecular complexity index is 1150. The Morgan fingerprint density at radius 3 is 1.43 bits per heavy atom. The Labute approximate surface area is 249 Å². The summed E-state index contributed by atoms with van der Waals surface area (Å²) in [5, 5.41) is 0. The standard InChI is InChI=1S/2C15H13S.2ClH.Hf/c2*1-11-6-7-12(8-11)9-13-10-16-15-5-3-2-4-14(13)15;;;/h2*2-5,7-10H,6H2,1H3;2*1H;/q2*-1;;;+4/p-2. The molecule has 0 saturated heterocycles. The molecule has 4 aliphatic rings. The molecule has 2 aromatic carbocycles. The number of rotatable bonds is 2. The monoisotopic (exact) mass is 700 g/mol. The predicted octanol–water partition coefficient (Wildman–Crippen LogP) is 3.23. The third-order valence-electron chi connectivity index (χ3n) is 5.81. The van der Waals surface area contributed by atoms with Gasteiger partial charge in [0.15, 0.2) is 0 Å². The van der Waals surface area contributed by atoms with E-state index in [4.69, 9.17) is 0 Å². The van der Waals surface area contributed by atoms with Gasteiger partial charge in [0.1, 0.15) is 0 Å². The molecule has 0 nitrogen and oxygen atoms in total. The van der Waals surface area contributed by atoms with Crippen LogP contribution in [0.5, 0.6) is 0 Å². The number of fused-ring (bicyclic) bond motifs is 2. The van der Waals surface area contributed by atoms with Gasteiger partial charge >= 0.3 is 25.8 Å². The average molecular weight is 700 g/mol. The van der Waals surface area contributed by atoms with Crippen molar-refractivity contribution in [3.63, 3.8) is 0 Å². The van der Waals surface area contributed by atoms with Gasteiger partial charge < -0.3 is 24.8 Å². The average Bonchev–Trinajstić information content (AvgIpc) is 3.59. The summed E-state index contributed by atoms with van der Waals surface area (Å²) >= 11 is 3.64. The first-order valence-electron chi connectivity index (χ1n) is 11.0. The zero-order chi connectivity index (χ0) is 21.9. The normalized spacial score (nSPS) is 18.7. The van der Waals surface area contributed by atoms with E-state index in [9.17, 15) is 0 Å². The molecule has 2 aliphatic carbocycles. The minimum atomic E-state index is 0. The van der Waals surface area contributed by atoms with E-state index in [0.29, 0.717) is 0 Å². The Hall–Kier alpha value is -1.23. The first-order valence-corrected chi connectivity index (χ1v) is 12.8. The maximum atomic E-state index is 2.29. The largest absolute Gasteiger partial charge is 4.00 e. The molecule has 0 aromatic heterocycles. The van der Waals surface area contributed by atoms with Crippen molar-refractivity contribution < 1.29 is 50.7 Å². The van der Waals surface area contributed by atoms with Crippen molar-refractivity contribution in [2.24, 2.45) is 0 Å². The first-order chi connectivity index (χ1) is 15.7. The molecule has 0 N–H and O–H groups in total. The van der Waals surface area contributed by atoms with Crippen molar-refractivity contribution in [1.82, 2.24) is 0 Å². The van der Waals surface area contributed by atoms with Gasteiger partial charge in [-0.15, -0.1) is 34.8 Å². The van der Waals surface area contributed by atoms with Gasteiger partial charge in [-0.2, -0.15) is 46.8 Å². The first kappa shape index (κ1) is 30.0. The maximum absolute atomic E-state index is 2.29. The van der Waals surface area contributed by atoms with Gasteiger partial charge in [0.2, 0.25) is 0 Å². The molecular weight excluding hydrogens is 674 g/mol. The smallest absolute Gasteiger partial charge is 1.00 e. The Balaban J connectivity index is 0.000000227. The van der Waals surface area contributed by atoms with Crippen LogP contribution in [0.4, 0.5) is 0 Å². The third-order valence-corrected chi connectivity index (χ3v) is 7.78. The molecule has 0 amide bonds. The molecule has 6 rings (SSSR count). The molecule has 0 fully saturated rings. The molecule has 0 atom stereocenters. The minimum Gasteiger partial charge on any atom is -1.00 e. The number of hydrogen-bond donors (Lipinski definition) is 0. The van der Waals surface area contributed by atoms with E-state index in [0.717, 1.165) is 12.8 Å². The summed E-state index contributed by atoms with van der Waals surface area (Å²) in [4.78, 5) is 2.74. The molecule has 5 heteroatoms. The van der Waals surface area contributed by atoms with E-state index in [1.807, 2.05) is 23.5 Å². The fourth-order valence-electron chi connectivity index (χ4n) is 4.14. The SMILES string of the molecule is CC1=CC(C=C2[CH-]Sc3ccccc32)=CC1.CC1=CC(C=C2[CH-]Sc3ccccc32)=CC1.[Cl-].[Cl-].[Hf+4]. The van der Waals surface area contributed by atoms with Crippen molar-refractivity contribution in [2.45, 2.75) is 36.5 Å². The van der Waals surface area contributed by atoms with Gasteiger partial charge in [-0.05, 0) is 36.5 Å². The van der Waals surface area contributed by atoms with Gasteiger partial charge in [0.25, 0.3) is 0 Å². The Morgan fingerprint density at radius 2 is 1.06 bits per heavy atom. The van der Waals surface area contributed by atoms with Crippen LogP contribution in [-0.4, -0.2) is 0 Å². The van der Waals surface area contributed by atoms with E-state index in [1.165, 1.54) is 54.4 Å². The zero-order valence-corrected chi connectivity index (χ0v) is 26.5. The van der Waals surface area contributed by atoms with Crippen molar-refractivity contribution in [3.8, 4) is 0 Å². The summed E-state index contributed by atoms with van der Waals surface area (Å²) < 4.78 is 0. The number of allylic oxidation sites excluding steroid dienone is 10. The summed E-state index contributed by atoms with van der Waals surface area (Å²) in [7, 11) is 0. The maximum Gasteiger partial charge on any atom is 4.00 e. The number of thioether (sulfide) groups is 2. The van der Waals surface area contributed by atoms with Crippen LogP contribution in [0.15, 0.2) is 117 Å². The molecule has 2 heterocycles. The molecular formula is C30H26Cl2HfS2. The third kappa shape index (κ3) is 7.40. The topological polar surface area (TPSA) is 0 Å². The van der Waals surface area contributed by atoms with Crippen LogP contribution in [0.25, 0.3) is 11.1 Å². The van der Waals surface area contributed by atoms with Crippen LogP contribution in [0, 0.1) is 11.5 Å². The molecule has 0 bridgehead atoms. The van der Waals surface area contributed by atoms with Crippen molar-refractivity contribution in [3.05, 3.63) is 130 Å². The van der Waals surface area contributed by atoms with Crippen LogP contribution in [0.1, 0.15) is 37.8 Å². The van der Waals surface area contributed by atoms with E-state index in [-0.39, 0.29) is 50.7 Å². The van der Waals surface area contributed by atoms with E-state index in [2.05, 4.69) is 110 Å². The Morgan fingerprint density at radius 1 is 0.657 bits per heavy atom. The van der Waals surface area contributed by atoms with Crippen LogP contribution in [0.3, 0.4) is 0 Å². The number of hydrogen-bond acceptors (Lipinski definition) is 2. The second kappa shape index (κ2) is 13.9. The predicted molar refractivity (Wildman–Crippen MR) is 142 cm³/mol. The van der Waals surface area contributed by atoms with Gasteiger partial charge in [-0.25, -0.2) is 0 Å². The summed E-state index contributed by atoms with van der Waals surface area (Å²) in [5.74, 6) is 4.49. The minimum absolute atomic E-state index is 0. The summed E-state index contributed by atoms with van der Waals surface area (Å²) in [6.45, 7) is 4.37. The van der Waals surface area contributed by atoms with E-state index >= 15 is 0 Å². The molecule has 0 radical (unpaired) electrons. The molecule has 176 valence electrons. The van der Waals surface area contributed by atoms with Gasteiger partial charge in [0.05, 0.1) is 0 Å². The van der Waals surface area contributed by atoms with E-state index in [1.54, 1.807) is 0 Å². The second-order valence-electron chi connectivity index (χ2n) is 8.46. The van der Waals surface area contributed by atoms with Crippen LogP contribution >= 0.6 is 23.5 Å². The van der Waals surface area contributed by atoms with Crippen LogP contribution in [-0.2, 0) is 25.8 Å². The van der Waals surface area contributed by atoms with Crippen LogP contribution in [0.2, 0.25) is 0 Å². The van der Waals surface area contributed by atoms with Crippen molar-refractivity contribution in [2.75, 3.05) is 0 Å². The van der Waals surface area contributed by atoms with Gasteiger partial charge in [-0.1, -0.05) is 83.0 Å². The molecule has 2 aromatic rings. The Kier molecular flexibility index (Phi) is 11.9. The van der Waals surface area contributed by atoms with Crippen LogP contribution < -0.4 is 24.8 Å². The number of benzene rings is 2. The van der Waals surface area contributed by atoms with Gasteiger partial charge in [0, 0.05) is 0 Å². The molecule has 0 saturated carbocycles. The molecule has 35 heavy (non-hydrogen) atoms. The fraction of sp³-hybridized carbons (Fsp3) is 0.133. The fourth-order valence-corrected chi connectivity index (χ4v) is 5.98. The summed E-state index contributed by atoms with van der Waals surface area (Å²) in [6.07, 6.45) is 15.9. The second-order valence-corrected chi connectivity index (χ2v) is 10.3. The van der Waals surface area contributed by atoms with Crippen molar-refractivity contribution >= 4 is 34.7 Å². The molecule has 0 spiro atoms. The number of halogens is 2. The summed E-state index contributed by atoms with van der Waals surface area (Å²) in [6, 6.07) is 17.2. The summed E-state index contributed by atoms with van der Waals surface area (Å²) in [5.41, 5.74) is 11.0. The molecule has 2 aliphatic heterocycles. The molecule has 0 unspecified atom stereocenters. The van der Waals surface area contributed by atoms with Gasteiger partial charge in [-0.3, -0.25) is 0 Å².